The topological polar surface area (TPSA) is 29.5 Å². The van der Waals surface area contributed by atoms with Crippen LogP contribution < -0.4 is 0 Å². The van der Waals surface area contributed by atoms with Gasteiger partial charge in [0.05, 0.1) is 13.0 Å². The van der Waals surface area contributed by atoms with Gasteiger partial charge in [0.2, 0.25) is 5.91 Å². The number of rotatable bonds is 8. The summed E-state index contributed by atoms with van der Waals surface area (Å²) in [5.74, 6) is 0.00316. The summed E-state index contributed by atoms with van der Waals surface area (Å²) in [6, 6.07) is 0.343. The third-order valence-corrected chi connectivity index (χ3v) is 3.22. The fraction of sp³-hybridized carbons (Fsp3) is 0.909. The number of hydrogen-bond acceptors (Lipinski definition) is 2. The number of amides is 1. The van der Waals surface area contributed by atoms with E-state index in [9.17, 15) is 13.6 Å². The number of carbonyl (C=O) groups excluding carboxylic acids is 1. The molecule has 1 saturated carbocycles. The normalized spacial score (nSPS) is 16.0. The molecule has 6 heteroatoms. The van der Waals surface area contributed by atoms with Gasteiger partial charge < -0.3 is 9.64 Å². The average molecular weight is 314 g/mol. The van der Waals surface area contributed by atoms with E-state index in [0.29, 0.717) is 12.6 Å². The van der Waals surface area contributed by atoms with Gasteiger partial charge in [0.1, 0.15) is 6.61 Å². The number of nitrogens with zero attached hydrogens (tertiary/aromatic N) is 1. The summed E-state index contributed by atoms with van der Waals surface area (Å²) < 4.78 is 28.3. The summed E-state index contributed by atoms with van der Waals surface area (Å²) in [4.78, 5) is 13.7. The van der Waals surface area contributed by atoms with Crippen LogP contribution >= 0.6 is 15.9 Å². The van der Waals surface area contributed by atoms with Gasteiger partial charge in [0.25, 0.3) is 6.43 Å². The van der Waals surface area contributed by atoms with Gasteiger partial charge in [-0.15, -0.1) is 0 Å². The Morgan fingerprint density at radius 1 is 1.47 bits per heavy atom. The first-order valence-corrected chi connectivity index (χ1v) is 6.98. The molecule has 0 radical (unpaired) electrons. The summed E-state index contributed by atoms with van der Waals surface area (Å²) in [6.45, 7) is 0.169. The molecule has 1 amide bonds. The van der Waals surface area contributed by atoms with E-state index in [4.69, 9.17) is 4.74 Å². The van der Waals surface area contributed by atoms with E-state index in [0.717, 1.165) is 18.2 Å². The van der Waals surface area contributed by atoms with Crippen LogP contribution in [0.5, 0.6) is 0 Å². The number of hydrogen-bond donors (Lipinski definition) is 0. The van der Waals surface area contributed by atoms with Crippen molar-refractivity contribution in [3.63, 3.8) is 0 Å². The maximum Gasteiger partial charge on any atom is 0.261 e. The molecule has 17 heavy (non-hydrogen) atoms. The molecule has 0 saturated heterocycles. The summed E-state index contributed by atoms with van der Waals surface area (Å²) in [6.07, 6.45) is 0.998. The van der Waals surface area contributed by atoms with Gasteiger partial charge in [-0.25, -0.2) is 8.78 Å². The lowest BCUT2D eigenvalue weighted by molar-refractivity contribution is -0.136. The molecule has 1 aliphatic carbocycles. The van der Waals surface area contributed by atoms with Crippen LogP contribution in [-0.4, -0.2) is 48.4 Å². The molecule has 0 aliphatic heterocycles. The molecule has 1 rings (SSSR count). The van der Waals surface area contributed by atoms with E-state index in [1.807, 2.05) is 4.90 Å². The molecule has 0 aromatic carbocycles. The molecule has 0 atom stereocenters. The van der Waals surface area contributed by atoms with Gasteiger partial charge in [0, 0.05) is 17.9 Å². The van der Waals surface area contributed by atoms with Crippen molar-refractivity contribution in [1.29, 1.82) is 0 Å². The van der Waals surface area contributed by atoms with Crippen molar-refractivity contribution < 1.29 is 18.3 Å². The molecule has 0 unspecified atom stereocenters. The van der Waals surface area contributed by atoms with Crippen molar-refractivity contribution >= 4 is 21.8 Å². The standard InChI is InChI=1S/C11H18BrF2NO2/c12-5-6-15(9-2-1-3-9)11(16)4-7-17-8-10(13)14/h9-10H,1-8H2. The number of carbonyl (C=O) groups is 1. The minimum Gasteiger partial charge on any atom is -0.375 e. The van der Waals surface area contributed by atoms with Crippen molar-refractivity contribution in [2.75, 3.05) is 25.1 Å². The van der Waals surface area contributed by atoms with E-state index in [1.165, 1.54) is 6.42 Å². The van der Waals surface area contributed by atoms with E-state index >= 15 is 0 Å². The zero-order valence-electron chi connectivity index (χ0n) is 9.71. The lowest BCUT2D eigenvalue weighted by Gasteiger charge is -2.37. The van der Waals surface area contributed by atoms with E-state index in [-0.39, 0.29) is 18.9 Å². The first kappa shape index (κ1) is 14.8. The highest BCUT2D eigenvalue weighted by molar-refractivity contribution is 9.09. The highest BCUT2D eigenvalue weighted by Crippen LogP contribution is 2.25. The molecule has 0 aromatic heterocycles. The van der Waals surface area contributed by atoms with Crippen LogP contribution in [0.2, 0.25) is 0 Å². The zero-order valence-corrected chi connectivity index (χ0v) is 11.3. The third-order valence-electron chi connectivity index (χ3n) is 2.87. The van der Waals surface area contributed by atoms with Crippen molar-refractivity contribution in [3.8, 4) is 0 Å². The molecule has 0 bridgehead atoms. The largest absolute Gasteiger partial charge is 0.375 e. The van der Waals surface area contributed by atoms with Gasteiger partial charge in [-0.2, -0.15) is 0 Å². The summed E-state index contributed by atoms with van der Waals surface area (Å²) in [5, 5.41) is 0.743. The maximum atomic E-state index is 11.8. The van der Waals surface area contributed by atoms with Crippen molar-refractivity contribution in [1.82, 2.24) is 4.90 Å². The first-order valence-electron chi connectivity index (χ1n) is 5.86. The SMILES string of the molecule is O=C(CCOCC(F)F)N(CCBr)C1CCC1. The first-order chi connectivity index (χ1) is 8.15. The average Bonchev–Trinajstić information content (AvgIpc) is 2.20. The minimum atomic E-state index is -2.46. The molecule has 0 heterocycles. The van der Waals surface area contributed by atoms with Gasteiger partial charge in [-0.05, 0) is 19.3 Å². The number of alkyl halides is 3. The molecule has 100 valence electrons. The Kier molecular flexibility index (Phi) is 6.96. The summed E-state index contributed by atoms with van der Waals surface area (Å²) in [7, 11) is 0. The van der Waals surface area contributed by atoms with Crippen LogP contribution in [0.25, 0.3) is 0 Å². The molecule has 1 aliphatic rings. The molecule has 1 fully saturated rings. The molecule has 3 nitrogen and oxygen atoms in total. The molecular formula is C11H18BrF2NO2. The van der Waals surface area contributed by atoms with Gasteiger partial charge >= 0.3 is 0 Å². The van der Waals surface area contributed by atoms with Crippen LogP contribution in [0, 0.1) is 0 Å². The van der Waals surface area contributed by atoms with E-state index < -0.39 is 13.0 Å². The number of halogens is 3. The second-order valence-corrected chi connectivity index (χ2v) is 4.87. The van der Waals surface area contributed by atoms with Crippen LogP contribution in [-0.2, 0) is 9.53 Å². The summed E-state index contributed by atoms with van der Waals surface area (Å²) in [5.41, 5.74) is 0. The fourth-order valence-corrected chi connectivity index (χ4v) is 2.16. The van der Waals surface area contributed by atoms with E-state index in [1.54, 1.807) is 0 Å². The molecule has 0 spiro atoms. The Morgan fingerprint density at radius 2 is 2.18 bits per heavy atom. The van der Waals surface area contributed by atoms with Crippen molar-refractivity contribution in [3.05, 3.63) is 0 Å². The van der Waals surface area contributed by atoms with Crippen LogP contribution in [0.1, 0.15) is 25.7 Å². The minimum absolute atomic E-state index is 0.00316. The predicted molar refractivity (Wildman–Crippen MR) is 64.6 cm³/mol. The van der Waals surface area contributed by atoms with Crippen LogP contribution in [0.4, 0.5) is 8.78 Å². The second kappa shape index (κ2) is 7.97. The highest BCUT2D eigenvalue weighted by atomic mass is 79.9. The predicted octanol–water partition coefficient (Wildman–Crippen LogP) is 2.43. The van der Waals surface area contributed by atoms with Crippen LogP contribution in [0.15, 0.2) is 0 Å². The number of ether oxygens (including phenoxy) is 1. The quantitative estimate of drug-likeness (QED) is 0.509. The monoisotopic (exact) mass is 313 g/mol. The fourth-order valence-electron chi connectivity index (χ4n) is 1.78. The Hall–Kier alpha value is -0.230. The van der Waals surface area contributed by atoms with Gasteiger partial charge in [-0.3, -0.25) is 4.79 Å². The van der Waals surface area contributed by atoms with Crippen molar-refractivity contribution in [2.24, 2.45) is 0 Å². The molecule has 0 N–H and O–H groups in total. The van der Waals surface area contributed by atoms with Gasteiger partial charge in [0.15, 0.2) is 0 Å². The smallest absolute Gasteiger partial charge is 0.261 e. The summed E-state index contributed by atoms with van der Waals surface area (Å²) >= 11 is 3.32. The lowest BCUT2D eigenvalue weighted by Crippen LogP contribution is -2.45. The van der Waals surface area contributed by atoms with E-state index in [2.05, 4.69) is 15.9 Å². The van der Waals surface area contributed by atoms with Gasteiger partial charge in [-0.1, -0.05) is 15.9 Å². The molecular weight excluding hydrogens is 296 g/mol. The Labute approximate surface area is 109 Å². The van der Waals surface area contributed by atoms with Crippen molar-refractivity contribution in [2.45, 2.75) is 38.2 Å². The Bertz CT molecular complexity index is 238. The Balaban J connectivity index is 2.22. The maximum absolute atomic E-state index is 11.8. The zero-order chi connectivity index (χ0) is 12.7. The second-order valence-electron chi connectivity index (χ2n) is 4.08. The molecule has 0 aromatic rings. The highest BCUT2D eigenvalue weighted by Gasteiger charge is 2.27. The van der Waals surface area contributed by atoms with Crippen LogP contribution in [0.3, 0.4) is 0 Å². The Morgan fingerprint density at radius 3 is 2.65 bits per heavy atom. The third kappa shape index (κ3) is 5.29. The lowest BCUT2D eigenvalue weighted by atomic mass is 9.91.